The van der Waals surface area contributed by atoms with Crippen LogP contribution in [0.15, 0.2) is 40.1 Å². The SMILES string of the molecule is C\C=C(/N=C(C)\C(=C/CC)\C=C(/C)C1(C(F)(F)F)CC1)C(=O)CCCCC(COC(C)(C)C)C(C)CC(=O)OC(C)(C)C. The number of alkyl halides is 3. The lowest BCUT2D eigenvalue weighted by Crippen LogP contribution is -2.30. The van der Waals surface area contributed by atoms with Crippen molar-refractivity contribution in [3.8, 4) is 0 Å². The molecule has 0 aromatic carbocycles. The molecule has 1 aliphatic rings. The number of allylic oxidation sites excluding steroid dienone is 6. The Hall–Kier alpha value is -2.22. The topological polar surface area (TPSA) is 65.0 Å². The Morgan fingerprint density at radius 1 is 1.00 bits per heavy atom. The average molecular weight is 612 g/mol. The van der Waals surface area contributed by atoms with E-state index in [0.717, 1.165) is 12.8 Å². The molecule has 246 valence electrons. The average Bonchev–Trinajstić information content (AvgIpc) is 3.66. The molecule has 0 aromatic heterocycles. The van der Waals surface area contributed by atoms with E-state index in [0.29, 0.717) is 49.3 Å². The van der Waals surface area contributed by atoms with E-state index in [1.807, 2.05) is 61.5 Å². The minimum absolute atomic E-state index is 0.0543. The summed E-state index contributed by atoms with van der Waals surface area (Å²) in [5.74, 6) is -0.143. The second-order valence-corrected chi connectivity index (χ2v) is 14.0. The van der Waals surface area contributed by atoms with Crippen LogP contribution < -0.4 is 0 Å². The molecule has 43 heavy (non-hydrogen) atoms. The Balaban J connectivity index is 2.88. The van der Waals surface area contributed by atoms with Crippen LogP contribution in [0.2, 0.25) is 0 Å². The molecule has 0 bridgehead atoms. The third kappa shape index (κ3) is 13.5. The Morgan fingerprint density at radius 3 is 2.07 bits per heavy atom. The van der Waals surface area contributed by atoms with Crippen molar-refractivity contribution >= 4 is 17.5 Å². The molecule has 0 aliphatic heterocycles. The highest BCUT2D eigenvalue weighted by Crippen LogP contribution is 2.62. The fourth-order valence-corrected chi connectivity index (χ4v) is 4.98. The molecule has 2 atom stereocenters. The second-order valence-electron chi connectivity index (χ2n) is 14.0. The molecular formula is C35H56F3NO4. The molecule has 0 amide bonds. The van der Waals surface area contributed by atoms with Gasteiger partial charge in [0.05, 0.1) is 17.6 Å². The van der Waals surface area contributed by atoms with Gasteiger partial charge in [-0.05, 0) is 112 Å². The largest absolute Gasteiger partial charge is 0.460 e. The van der Waals surface area contributed by atoms with Gasteiger partial charge in [0.25, 0.3) is 0 Å². The normalized spacial score (nSPS) is 18.4. The van der Waals surface area contributed by atoms with Crippen LogP contribution in [0, 0.1) is 17.3 Å². The highest BCUT2D eigenvalue weighted by atomic mass is 19.4. The number of ketones is 1. The fourth-order valence-electron chi connectivity index (χ4n) is 4.98. The number of nitrogens with zero attached hydrogens (tertiary/aromatic N) is 1. The zero-order chi connectivity index (χ0) is 33.2. The van der Waals surface area contributed by atoms with E-state index in [4.69, 9.17) is 9.47 Å². The lowest BCUT2D eigenvalue weighted by Gasteiger charge is -2.29. The van der Waals surface area contributed by atoms with Crippen molar-refractivity contribution in [2.45, 2.75) is 145 Å². The number of carbonyl (C=O) groups is 2. The number of hydrogen-bond donors (Lipinski definition) is 0. The predicted octanol–water partition coefficient (Wildman–Crippen LogP) is 9.90. The van der Waals surface area contributed by atoms with Crippen molar-refractivity contribution in [3.05, 3.63) is 35.1 Å². The summed E-state index contributed by atoms with van der Waals surface area (Å²) < 4.78 is 52.5. The summed E-state index contributed by atoms with van der Waals surface area (Å²) in [7, 11) is 0. The summed E-state index contributed by atoms with van der Waals surface area (Å²) in [6.07, 6.45) is 4.52. The van der Waals surface area contributed by atoms with E-state index in [1.54, 1.807) is 26.0 Å². The quantitative estimate of drug-likeness (QED) is 0.0573. The van der Waals surface area contributed by atoms with Gasteiger partial charge in [-0.2, -0.15) is 13.2 Å². The molecule has 0 radical (unpaired) electrons. The van der Waals surface area contributed by atoms with E-state index in [9.17, 15) is 22.8 Å². The summed E-state index contributed by atoms with van der Waals surface area (Å²) in [5.41, 5.74) is -0.841. The zero-order valence-electron chi connectivity index (χ0n) is 28.5. The molecular weight excluding hydrogens is 555 g/mol. The van der Waals surface area contributed by atoms with Gasteiger partial charge in [-0.3, -0.25) is 9.59 Å². The van der Waals surface area contributed by atoms with Crippen LogP contribution in [0.1, 0.15) is 128 Å². The number of rotatable bonds is 16. The van der Waals surface area contributed by atoms with E-state index >= 15 is 0 Å². The fraction of sp³-hybridized carbons (Fsp3) is 0.743. The molecule has 0 heterocycles. The maximum absolute atomic E-state index is 13.6. The van der Waals surface area contributed by atoms with Crippen molar-refractivity contribution in [1.29, 1.82) is 0 Å². The molecule has 1 fully saturated rings. The van der Waals surface area contributed by atoms with Crippen LogP contribution in [-0.4, -0.2) is 41.4 Å². The first kappa shape index (κ1) is 38.8. The van der Waals surface area contributed by atoms with Gasteiger partial charge in [0.1, 0.15) is 11.3 Å². The first-order chi connectivity index (χ1) is 19.7. The molecule has 8 heteroatoms. The molecule has 1 aliphatic carbocycles. The monoisotopic (exact) mass is 611 g/mol. The van der Waals surface area contributed by atoms with Gasteiger partial charge in [-0.15, -0.1) is 0 Å². The van der Waals surface area contributed by atoms with Gasteiger partial charge in [-0.1, -0.05) is 44.1 Å². The number of esters is 1. The van der Waals surface area contributed by atoms with E-state index in [-0.39, 0.29) is 47.6 Å². The summed E-state index contributed by atoms with van der Waals surface area (Å²) in [6, 6.07) is 0. The van der Waals surface area contributed by atoms with Crippen molar-refractivity contribution < 1.29 is 32.2 Å². The van der Waals surface area contributed by atoms with Gasteiger partial charge in [0, 0.05) is 18.6 Å². The number of aliphatic imine (C=N–C) groups is 1. The third-order valence-electron chi connectivity index (χ3n) is 7.78. The molecule has 1 saturated carbocycles. The molecule has 5 nitrogen and oxygen atoms in total. The molecule has 0 N–H and O–H groups in total. The summed E-state index contributed by atoms with van der Waals surface area (Å²) in [5, 5.41) is 0. The second kappa shape index (κ2) is 16.2. The first-order valence-electron chi connectivity index (χ1n) is 15.7. The Bertz CT molecular complexity index is 1060. The minimum Gasteiger partial charge on any atom is -0.460 e. The zero-order valence-corrected chi connectivity index (χ0v) is 28.5. The lowest BCUT2D eigenvalue weighted by atomic mass is 9.87. The predicted molar refractivity (Wildman–Crippen MR) is 169 cm³/mol. The molecule has 0 saturated heterocycles. The van der Waals surface area contributed by atoms with Gasteiger partial charge in [0.2, 0.25) is 0 Å². The maximum atomic E-state index is 13.6. The standard InChI is InChI=1S/C35H56F3NO4/c1-12-16-27(22-25(4)34(19-20-34)35(36,37)38)26(5)39-29(13-2)30(40)18-15-14-17-28(23-42-32(6,7)8)24(3)21-31(41)43-33(9,10)11/h13,16,22,24,28H,12,14-15,17-21,23H2,1-11H3/b25-22+,27-16-,29-13-,39-26-. The number of ether oxygens (including phenoxy) is 2. The number of carbonyl (C=O) groups excluding carboxylic acids is 2. The number of halogens is 3. The highest BCUT2D eigenvalue weighted by Gasteiger charge is 2.64. The Morgan fingerprint density at radius 2 is 1.60 bits per heavy atom. The van der Waals surface area contributed by atoms with Crippen LogP contribution in [-0.2, 0) is 19.1 Å². The lowest BCUT2D eigenvalue weighted by molar-refractivity contribution is -0.175. The molecule has 2 unspecified atom stereocenters. The van der Waals surface area contributed by atoms with Crippen LogP contribution in [0.25, 0.3) is 0 Å². The number of hydrogen-bond acceptors (Lipinski definition) is 5. The molecule has 0 aromatic rings. The Kier molecular flexibility index (Phi) is 14.6. The van der Waals surface area contributed by atoms with Crippen molar-refractivity contribution in [3.63, 3.8) is 0 Å². The van der Waals surface area contributed by atoms with Crippen molar-refractivity contribution in [2.75, 3.05) is 6.61 Å². The minimum atomic E-state index is -4.27. The smallest absolute Gasteiger partial charge is 0.398 e. The first-order valence-corrected chi connectivity index (χ1v) is 15.7. The van der Waals surface area contributed by atoms with E-state index < -0.39 is 17.2 Å². The molecule has 1 rings (SSSR count). The van der Waals surface area contributed by atoms with Crippen LogP contribution in [0.4, 0.5) is 13.2 Å². The maximum Gasteiger partial charge on any atom is 0.398 e. The van der Waals surface area contributed by atoms with Gasteiger partial charge < -0.3 is 9.47 Å². The summed E-state index contributed by atoms with van der Waals surface area (Å²) in [6.45, 7) is 21.1. The Labute approximate surface area is 258 Å². The van der Waals surface area contributed by atoms with E-state index in [2.05, 4.69) is 4.99 Å². The summed E-state index contributed by atoms with van der Waals surface area (Å²) in [4.78, 5) is 30.1. The van der Waals surface area contributed by atoms with Crippen LogP contribution >= 0.6 is 0 Å². The number of Topliss-reactive ketones (excluding diaryl/α,β-unsaturated/α-hetero) is 1. The number of unbranched alkanes of at least 4 members (excludes halogenated alkanes) is 1. The van der Waals surface area contributed by atoms with Crippen LogP contribution in [0.3, 0.4) is 0 Å². The summed E-state index contributed by atoms with van der Waals surface area (Å²) >= 11 is 0. The van der Waals surface area contributed by atoms with Crippen molar-refractivity contribution in [1.82, 2.24) is 0 Å². The molecule has 0 spiro atoms. The van der Waals surface area contributed by atoms with Gasteiger partial charge >= 0.3 is 12.1 Å². The van der Waals surface area contributed by atoms with Gasteiger partial charge in [-0.25, -0.2) is 4.99 Å². The van der Waals surface area contributed by atoms with Crippen LogP contribution in [0.5, 0.6) is 0 Å². The van der Waals surface area contributed by atoms with Crippen molar-refractivity contribution in [2.24, 2.45) is 22.2 Å². The van der Waals surface area contributed by atoms with E-state index in [1.165, 1.54) is 6.92 Å². The third-order valence-corrected chi connectivity index (χ3v) is 7.78. The highest BCUT2D eigenvalue weighted by molar-refractivity contribution is 6.05. The van der Waals surface area contributed by atoms with Gasteiger partial charge in [0.15, 0.2) is 5.78 Å².